The lowest BCUT2D eigenvalue weighted by atomic mass is 9.58. The van der Waals surface area contributed by atoms with E-state index in [0.717, 1.165) is 0 Å². The summed E-state index contributed by atoms with van der Waals surface area (Å²) in [7, 11) is 0. The molecule has 4 unspecified atom stereocenters. The van der Waals surface area contributed by atoms with Gasteiger partial charge in [-0.15, -0.1) is 0 Å². The average molecular weight is 192 g/mol. The summed E-state index contributed by atoms with van der Waals surface area (Å²) in [6.45, 7) is 7.31. The van der Waals surface area contributed by atoms with Crippen molar-refractivity contribution in [1.29, 1.82) is 0 Å². The fourth-order valence-electron chi connectivity index (χ4n) is 2.67. The third kappa shape index (κ3) is 0.626. The molecule has 0 amide bonds. The van der Waals surface area contributed by atoms with Crippen LogP contribution in [0, 0.1) is 23.7 Å². The van der Waals surface area contributed by atoms with Gasteiger partial charge in [0.1, 0.15) is 11.5 Å². The maximum atomic E-state index is 11.3. The fourth-order valence-corrected chi connectivity index (χ4v) is 2.67. The highest BCUT2D eigenvalue weighted by Gasteiger charge is 2.68. The quantitative estimate of drug-likeness (QED) is 0.527. The van der Waals surface area contributed by atoms with Crippen molar-refractivity contribution in [2.45, 2.75) is 0 Å². The first kappa shape index (κ1) is 7.79. The van der Waals surface area contributed by atoms with Crippen LogP contribution >= 0.6 is 0 Å². The normalized spacial score (nSPS) is 44.0. The Kier molecular flexibility index (Phi) is 1.16. The SMILES string of the molecule is C=C1OC(=O)C2C1C1C(=C)OC(=O)C12. The van der Waals surface area contributed by atoms with E-state index >= 15 is 0 Å². The predicted molar refractivity (Wildman–Crippen MR) is 44.4 cm³/mol. The van der Waals surface area contributed by atoms with Gasteiger partial charge in [0.2, 0.25) is 0 Å². The molecule has 0 bridgehead atoms. The molecular weight excluding hydrogens is 184 g/mol. The van der Waals surface area contributed by atoms with Gasteiger partial charge in [-0.3, -0.25) is 9.59 Å². The van der Waals surface area contributed by atoms with E-state index in [4.69, 9.17) is 9.47 Å². The molecule has 0 aromatic rings. The Morgan fingerprint density at radius 2 is 1.14 bits per heavy atom. The molecule has 4 atom stereocenters. The predicted octanol–water partition coefficient (Wildman–Crippen LogP) is 0.606. The molecule has 0 aromatic heterocycles. The number of allylic oxidation sites excluding steroid dienone is 2. The summed E-state index contributed by atoms with van der Waals surface area (Å²) >= 11 is 0. The molecule has 4 heteroatoms. The molecule has 2 aliphatic heterocycles. The first-order valence-corrected chi connectivity index (χ1v) is 4.42. The monoisotopic (exact) mass is 192 g/mol. The fraction of sp³-hybridized carbons (Fsp3) is 0.400. The van der Waals surface area contributed by atoms with E-state index in [1.54, 1.807) is 0 Å². The smallest absolute Gasteiger partial charge is 0.315 e. The number of carbonyl (C=O) groups excluding carboxylic acids is 2. The van der Waals surface area contributed by atoms with Crippen LogP contribution in [-0.4, -0.2) is 11.9 Å². The van der Waals surface area contributed by atoms with Crippen molar-refractivity contribution in [1.82, 2.24) is 0 Å². The molecular formula is C10H8O4. The first-order chi connectivity index (χ1) is 6.61. The summed E-state index contributed by atoms with van der Waals surface area (Å²) in [6, 6.07) is 0. The lowest BCUT2D eigenvalue weighted by molar-refractivity contribution is -0.152. The molecule has 72 valence electrons. The molecule has 3 fully saturated rings. The van der Waals surface area contributed by atoms with Crippen molar-refractivity contribution < 1.29 is 19.1 Å². The lowest BCUT2D eigenvalue weighted by Gasteiger charge is -2.37. The zero-order valence-corrected chi connectivity index (χ0v) is 7.36. The van der Waals surface area contributed by atoms with Gasteiger partial charge in [-0.05, 0) is 0 Å². The zero-order valence-electron chi connectivity index (χ0n) is 7.36. The first-order valence-electron chi connectivity index (χ1n) is 4.42. The summed E-state index contributed by atoms with van der Waals surface area (Å²) in [6.07, 6.45) is 0. The van der Waals surface area contributed by atoms with E-state index in [1.165, 1.54) is 0 Å². The number of hydrogen-bond donors (Lipinski definition) is 0. The number of hydrogen-bond acceptors (Lipinski definition) is 4. The number of rotatable bonds is 0. The van der Waals surface area contributed by atoms with Crippen molar-refractivity contribution in [2.75, 3.05) is 0 Å². The molecule has 0 radical (unpaired) electrons. The van der Waals surface area contributed by atoms with Gasteiger partial charge in [-0.2, -0.15) is 0 Å². The summed E-state index contributed by atoms with van der Waals surface area (Å²) in [5.41, 5.74) is 0. The Morgan fingerprint density at radius 1 is 0.786 bits per heavy atom. The van der Waals surface area contributed by atoms with E-state index in [9.17, 15) is 9.59 Å². The summed E-state index contributed by atoms with van der Waals surface area (Å²) in [5.74, 6) is -0.751. The number of esters is 2. The van der Waals surface area contributed by atoms with Gasteiger partial charge in [0.15, 0.2) is 0 Å². The van der Waals surface area contributed by atoms with Crippen LogP contribution in [-0.2, 0) is 19.1 Å². The molecule has 2 heterocycles. The van der Waals surface area contributed by atoms with Gasteiger partial charge >= 0.3 is 11.9 Å². The van der Waals surface area contributed by atoms with Crippen LogP contribution < -0.4 is 0 Å². The van der Waals surface area contributed by atoms with Crippen LogP contribution in [0.4, 0.5) is 0 Å². The highest BCUT2D eigenvalue weighted by atomic mass is 16.6. The molecule has 1 saturated carbocycles. The summed E-state index contributed by atoms with van der Waals surface area (Å²) < 4.78 is 9.80. The molecule has 4 nitrogen and oxygen atoms in total. The van der Waals surface area contributed by atoms with Crippen LogP contribution in [0.3, 0.4) is 0 Å². The van der Waals surface area contributed by atoms with Gasteiger partial charge in [-0.25, -0.2) is 0 Å². The Bertz CT molecular complexity index is 313. The van der Waals surface area contributed by atoms with Crippen LogP contribution in [0.1, 0.15) is 0 Å². The second kappa shape index (κ2) is 2.08. The number of ether oxygens (including phenoxy) is 2. The molecule has 3 rings (SSSR count). The minimum absolute atomic E-state index is 0.0913. The van der Waals surface area contributed by atoms with E-state index < -0.39 is 0 Å². The van der Waals surface area contributed by atoms with E-state index in [-0.39, 0.29) is 35.6 Å². The minimum atomic E-state index is -0.376. The molecule has 1 aliphatic carbocycles. The second-order valence-corrected chi connectivity index (χ2v) is 3.88. The maximum Gasteiger partial charge on any atom is 0.315 e. The molecule has 0 aromatic carbocycles. The number of cyclic esters (lactones) is 2. The van der Waals surface area contributed by atoms with Crippen molar-refractivity contribution in [3.05, 3.63) is 24.7 Å². The largest absolute Gasteiger partial charge is 0.431 e. The Morgan fingerprint density at radius 3 is 1.50 bits per heavy atom. The second-order valence-electron chi connectivity index (χ2n) is 3.88. The highest BCUT2D eigenvalue weighted by Crippen LogP contribution is 2.60. The topological polar surface area (TPSA) is 52.6 Å². The molecule has 14 heavy (non-hydrogen) atoms. The number of carbonyl (C=O) groups is 2. The van der Waals surface area contributed by atoms with E-state index in [1.807, 2.05) is 0 Å². The van der Waals surface area contributed by atoms with Crippen LogP contribution in [0.5, 0.6) is 0 Å². The van der Waals surface area contributed by atoms with Gasteiger partial charge in [0.05, 0.1) is 11.8 Å². The van der Waals surface area contributed by atoms with E-state index in [0.29, 0.717) is 11.5 Å². The zero-order chi connectivity index (χ0) is 10.0. The average Bonchev–Trinajstić information content (AvgIpc) is 2.31. The van der Waals surface area contributed by atoms with Crippen LogP contribution in [0.15, 0.2) is 24.7 Å². The molecule has 3 aliphatic rings. The molecule has 2 saturated heterocycles. The Balaban J connectivity index is 2.03. The van der Waals surface area contributed by atoms with Gasteiger partial charge in [0.25, 0.3) is 0 Å². The molecule has 0 N–H and O–H groups in total. The molecule has 0 spiro atoms. The van der Waals surface area contributed by atoms with Gasteiger partial charge in [-0.1, -0.05) is 13.2 Å². The highest BCUT2D eigenvalue weighted by molar-refractivity contribution is 5.90. The van der Waals surface area contributed by atoms with Gasteiger partial charge < -0.3 is 9.47 Å². The third-order valence-corrected chi connectivity index (χ3v) is 3.30. The van der Waals surface area contributed by atoms with Crippen LogP contribution in [0.25, 0.3) is 0 Å². The lowest BCUT2D eigenvalue weighted by Crippen LogP contribution is -2.46. The van der Waals surface area contributed by atoms with Crippen molar-refractivity contribution in [3.8, 4) is 0 Å². The van der Waals surface area contributed by atoms with Crippen molar-refractivity contribution in [2.24, 2.45) is 23.7 Å². The standard InChI is InChI=1S/C10H8O4/c1-3-5-6-4(2)14-10(12)8(6)7(5)9(11)13-3/h5-8H,1-2H2. The van der Waals surface area contributed by atoms with E-state index in [2.05, 4.69) is 13.2 Å². The van der Waals surface area contributed by atoms with Gasteiger partial charge in [0, 0.05) is 11.8 Å². The Hall–Kier alpha value is -1.58. The maximum absolute atomic E-state index is 11.3. The summed E-state index contributed by atoms with van der Waals surface area (Å²) in [4.78, 5) is 22.6. The van der Waals surface area contributed by atoms with Crippen molar-refractivity contribution in [3.63, 3.8) is 0 Å². The minimum Gasteiger partial charge on any atom is -0.431 e. The Labute approximate surface area is 80.2 Å². The summed E-state index contributed by atoms with van der Waals surface area (Å²) in [5, 5.41) is 0. The van der Waals surface area contributed by atoms with Crippen LogP contribution in [0.2, 0.25) is 0 Å². The number of fused-ring (bicyclic) bond motifs is 4. The van der Waals surface area contributed by atoms with Crippen molar-refractivity contribution >= 4 is 11.9 Å². The third-order valence-electron chi connectivity index (χ3n) is 3.30.